The van der Waals surface area contributed by atoms with E-state index in [4.69, 9.17) is 9.47 Å². The van der Waals surface area contributed by atoms with Crippen molar-refractivity contribution in [2.24, 2.45) is 5.41 Å². The number of anilines is 1. The Bertz CT molecular complexity index is 1780. The van der Waals surface area contributed by atoms with Crippen molar-refractivity contribution in [1.29, 1.82) is 0 Å². The lowest BCUT2D eigenvalue weighted by atomic mass is 9.64. The van der Waals surface area contributed by atoms with Gasteiger partial charge in [-0.2, -0.15) is 0 Å². The van der Waals surface area contributed by atoms with Crippen molar-refractivity contribution in [1.82, 2.24) is 0 Å². The Hall–Kier alpha value is -5.04. The molecule has 4 aromatic rings. The van der Waals surface area contributed by atoms with Gasteiger partial charge in [0.05, 0.1) is 20.3 Å². The first-order valence-electron chi connectivity index (χ1n) is 13.7. The second-order valence-electron chi connectivity index (χ2n) is 10.7. The van der Waals surface area contributed by atoms with Crippen LogP contribution in [0.3, 0.4) is 0 Å². The maximum absolute atomic E-state index is 14.7. The molecule has 0 radical (unpaired) electrons. The fraction of sp³-hybridized carbons (Fsp3) is 0.171. The lowest BCUT2D eigenvalue weighted by Gasteiger charge is -2.37. The predicted molar refractivity (Wildman–Crippen MR) is 156 cm³/mol. The van der Waals surface area contributed by atoms with Gasteiger partial charge in [0.15, 0.2) is 17.3 Å². The Morgan fingerprint density at radius 1 is 0.833 bits per heavy atom. The van der Waals surface area contributed by atoms with Gasteiger partial charge in [0.2, 0.25) is 0 Å². The summed E-state index contributed by atoms with van der Waals surface area (Å²) in [7, 11) is 3.04. The van der Waals surface area contributed by atoms with Crippen LogP contribution >= 0.6 is 0 Å². The summed E-state index contributed by atoms with van der Waals surface area (Å²) >= 11 is 0. The third-order valence-corrected chi connectivity index (χ3v) is 8.89. The van der Waals surface area contributed by atoms with E-state index in [1.165, 1.54) is 38.5 Å². The lowest BCUT2D eigenvalue weighted by molar-refractivity contribution is 0.0665. The number of rotatable bonds is 5. The van der Waals surface area contributed by atoms with Gasteiger partial charge in [0.1, 0.15) is 28.8 Å². The summed E-state index contributed by atoms with van der Waals surface area (Å²) in [5, 5.41) is 0. The number of carbonyl (C=O) groups excluding carboxylic acids is 3. The Morgan fingerprint density at radius 2 is 1.50 bits per heavy atom. The van der Waals surface area contributed by atoms with Crippen LogP contribution in [0.1, 0.15) is 48.1 Å². The van der Waals surface area contributed by atoms with Gasteiger partial charge in [-0.3, -0.25) is 14.4 Å². The van der Waals surface area contributed by atoms with Gasteiger partial charge >= 0.3 is 0 Å². The number of fused-ring (bicyclic) bond motifs is 5. The van der Waals surface area contributed by atoms with Gasteiger partial charge in [-0.1, -0.05) is 60.7 Å². The van der Waals surface area contributed by atoms with Gasteiger partial charge in [-0.25, -0.2) is 4.39 Å². The summed E-state index contributed by atoms with van der Waals surface area (Å²) in [6.45, 7) is 0. The summed E-state index contributed by atoms with van der Waals surface area (Å²) in [6, 6.07) is 23.2. The minimum absolute atomic E-state index is 0.275. The highest BCUT2D eigenvalue weighted by Crippen LogP contribution is 2.62. The zero-order chi connectivity index (χ0) is 29.2. The van der Waals surface area contributed by atoms with Crippen molar-refractivity contribution in [2.75, 3.05) is 19.1 Å². The van der Waals surface area contributed by atoms with Crippen molar-refractivity contribution < 1.29 is 28.2 Å². The van der Waals surface area contributed by atoms with Crippen molar-refractivity contribution in [3.05, 3.63) is 131 Å². The van der Waals surface area contributed by atoms with Crippen LogP contribution in [0.2, 0.25) is 0 Å². The Balaban J connectivity index is 1.57. The molecule has 7 heteroatoms. The maximum atomic E-state index is 14.7. The molecule has 208 valence electrons. The largest absolute Gasteiger partial charge is 0.497 e. The van der Waals surface area contributed by atoms with E-state index in [0.29, 0.717) is 28.2 Å². The smallest absolute Gasteiger partial charge is 0.185 e. The number of Topliss-reactive ketones (excluding diaryl/α,β-unsaturated/α-hetero) is 3. The number of halogens is 1. The monoisotopic (exact) mass is 559 g/mol. The zero-order valence-corrected chi connectivity index (χ0v) is 22.9. The van der Waals surface area contributed by atoms with E-state index in [0.717, 1.165) is 11.3 Å². The first-order valence-corrected chi connectivity index (χ1v) is 13.7. The summed E-state index contributed by atoms with van der Waals surface area (Å²) < 4.78 is 25.2. The molecular weight excluding hydrogens is 533 g/mol. The average molecular weight is 560 g/mol. The van der Waals surface area contributed by atoms with Gasteiger partial charge in [0, 0.05) is 39.9 Å². The number of nitrogens with zero attached hydrogens (tertiary/aromatic N) is 1. The van der Waals surface area contributed by atoms with Crippen LogP contribution in [0.15, 0.2) is 97.1 Å². The molecule has 1 aliphatic carbocycles. The summed E-state index contributed by atoms with van der Waals surface area (Å²) in [5.41, 5.74) is 1.40. The number of hydrogen-bond donors (Lipinski definition) is 0. The van der Waals surface area contributed by atoms with E-state index in [9.17, 15) is 18.8 Å². The maximum Gasteiger partial charge on any atom is 0.185 e. The summed E-state index contributed by atoms with van der Waals surface area (Å²) in [5.74, 6) is -1.50. The number of methoxy groups -OCH3 is 2. The minimum Gasteiger partial charge on any atom is -0.497 e. The van der Waals surface area contributed by atoms with Crippen LogP contribution in [0, 0.1) is 11.2 Å². The molecule has 1 spiro atoms. The van der Waals surface area contributed by atoms with Crippen LogP contribution in [-0.4, -0.2) is 43.7 Å². The molecule has 0 unspecified atom stereocenters. The Kier molecular flexibility index (Phi) is 5.87. The van der Waals surface area contributed by atoms with Crippen molar-refractivity contribution in [3.63, 3.8) is 0 Å². The van der Waals surface area contributed by atoms with E-state index < -0.39 is 29.2 Å². The molecule has 0 saturated carbocycles. The van der Waals surface area contributed by atoms with Crippen LogP contribution < -0.4 is 14.4 Å². The van der Waals surface area contributed by atoms with Crippen molar-refractivity contribution in [3.8, 4) is 11.5 Å². The molecule has 6 nitrogen and oxygen atoms in total. The molecule has 42 heavy (non-hydrogen) atoms. The molecule has 2 aliphatic heterocycles. The lowest BCUT2D eigenvalue weighted by Crippen LogP contribution is -2.48. The predicted octanol–water partition coefficient (Wildman–Crippen LogP) is 6.16. The molecule has 0 bridgehead atoms. The number of para-hydroxylation sites is 1. The van der Waals surface area contributed by atoms with Crippen LogP contribution in [0.4, 0.5) is 10.1 Å². The molecule has 7 rings (SSSR count). The number of ketones is 3. The Labute approximate surface area is 242 Å². The number of hydrogen-bond acceptors (Lipinski definition) is 6. The third kappa shape index (κ3) is 3.40. The second-order valence-corrected chi connectivity index (χ2v) is 10.7. The van der Waals surface area contributed by atoms with E-state index in [1.807, 2.05) is 41.3 Å². The minimum atomic E-state index is -1.67. The van der Waals surface area contributed by atoms with Gasteiger partial charge in [-0.05, 0) is 42.0 Å². The molecule has 2 heterocycles. The molecule has 0 amide bonds. The molecule has 0 N–H and O–H groups in total. The summed E-state index contributed by atoms with van der Waals surface area (Å²) in [6.07, 6.45) is 3.78. The first kappa shape index (κ1) is 25.9. The topological polar surface area (TPSA) is 72.9 Å². The van der Waals surface area contributed by atoms with Gasteiger partial charge in [-0.15, -0.1) is 0 Å². The standard InChI is InChI=1S/C35H26FNO5/c1-41-23-16-17-26(28(19-23)42-2)30-31(32(38)21-11-14-22(36)15-12-21)37-27-10-6-3-7-20(27)13-18-29(37)35(30)33(39)24-8-4-5-9-25(24)34(35)40/h3-19,29-31H,1-2H3/t29-,30+,31+/m0/s1. The number of benzene rings is 4. The van der Waals surface area contributed by atoms with Gasteiger partial charge < -0.3 is 14.4 Å². The fourth-order valence-corrected chi connectivity index (χ4v) is 7.12. The SMILES string of the molecule is COc1ccc([C@@H]2[C@H](C(=O)c3ccc(F)cc3)N3c4ccccc4C=C[C@H]3C23C(=O)c2ccccc2C3=O)c(OC)c1. The molecular formula is C35H26FNO5. The first-order chi connectivity index (χ1) is 20.4. The van der Waals surface area contributed by atoms with Gasteiger partial charge in [0.25, 0.3) is 0 Å². The number of carbonyl (C=O) groups is 3. The van der Waals surface area contributed by atoms with E-state index in [-0.39, 0.29) is 22.9 Å². The van der Waals surface area contributed by atoms with Crippen LogP contribution in [0.25, 0.3) is 6.08 Å². The van der Waals surface area contributed by atoms with E-state index >= 15 is 0 Å². The molecule has 1 fully saturated rings. The summed E-state index contributed by atoms with van der Waals surface area (Å²) in [4.78, 5) is 46.1. The van der Waals surface area contributed by atoms with Crippen molar-refractivity contribution >= 4 is 29.1 Å². The highest BCUT2D eigenvalue weighted by molar-refractivity contribution is 6.32. The molecule has 4 aromatic carbocycles. The average Bonchev–Trinajstić information content (AvgIpc) is 3.46. The molecule has 0 aromatic heterocycles. The third-order valence-electron chi connectivity index (χ3n) is 8.89. The normalized spacial score (nSPS) is 21.2. The van der Waals surface area contributed by atoms with Crippen LogP contribution in [0.5, 0.6) is 11.5 Å². The quantitative estimate of drug-likeness (QED) is 0.216. The zero-order valence-electron chi connectivity index (χ0n) is 22.9. The highest BCUT2D eigenvalue weighted by Gasteiger charge is 2.72. The number of ether oxygens (including phenoxy) is 2. The highest BCUT2D eigenvalue weighted by atomic mass is 19.1. The second kappa shape index (κ2) is 9.52. The molecule has 3 atom stereocenters. The van der Waals surface area contributed by atoms with E-state index in [2.05, 4.69) is 0 Å². The van der Waals surface area contributed by atoms with E-state index in [1.54, 1.807) is 42.5 Å². The van der Waals surface area contributed by atoms with Crippen LogP contribution in [-0.2, 0) is 0 Å². The van der Waals surface area contributed by atoms with Crippen molar-refractivity contribution in [2.45, 2.75) is 18.0 Å². The molecule has 1 saturated heterocycles. The Morgan fingerprint density at radius 3 is 2.17 bits per heavy atom. The fourth-order valence-electron chi connectivity index (χ4n) is 7.12. The molecule has 3 aliphatic rings.